The van der Waals surface area contributed by atoms with Crippen LogP contribution in [-0.4, -0.2) is 11.5 Å². The maximum Gasteiger partial charge on any atom is 0.132 e. The smallest absolute Gasteiger partial charge is 0.132 e. The Bertz CT molecular complexity index is 980. The van der Waals surface area contributed by atoms with Crippen molar-refractivity contribution in [3.63, 3.8) is 0 Å². The summed E-state index contributed by atoms with van der Waals surface area (Å²) in [6, 6.07) is 14.1. The molecule has 3 nitrogen and oxygen atoms in total. The van der Waals surface area contributed by atoms with Crippen LogP contribution < -0.4 is 9.64 Å². The summed E-state index contributed by atoms with van der Waals surface area (Å²) in [4.78, 5) is 6.70. The lowest BCUT2D eigenvalue weighted by atomic mass is 10.2. The van der Waals surface area contributed by atoms with Crippen molar-refractivity contribution < 1.29 is 9.13 Å². The summed E-state index contributed by atoms with van der Waals surface area (Å²) in [6.07, 6.45) is 2.77. The van der Waals surface area contributed by atoms with Crippen LogP contribution in [-0.2, 0) is 19.6 Å². The molecular formula is C21H17Cl2FN2O. The monoisotopic (exact) mass is 402 g/mol. The van der Waals surface area contributed by atoms with Crippen LogP contribution in [0, 0.1) is 5.82 Å². The first-order valence-corrected chi connectivity index (χ1v) is 9.40. The number of hydrogen-bond donors (Lipinski definition) is 0. The maximum absolute atomic E-state index is 14.0. The Hall–Kier alpha value is -2.30. The van der Waals surface area contributed by atoms with Gasteiger partial charge in [0.25, 0.3) is 0 Å². The van der Waals surface area contributed by atoms with Gasteiger partial charge in [-0.3, -0.25) is 0 Å². The molecule has 2 aromatic carbocycles. The third kappa shape index (κ3) is 4.02. The zero-order valence-corrected chi connectivity index (χ0v) is 16.0. The molecular weight excluding hydrogens is 386 g/mol. The van der Waals surface area contributed by atoms with Gasteiger partial charge < -0.3 is 9.64 Å². The van der Waals surface area contributed by atoms with Crippen LogP contribution in [0.1, 0.15) is 16.7 Å². The minimum absolute atomic E-state index is 0.118. The zero-order chi connectivity index (χ0) is 18.8. The molecule has 1 aromatic heterocycles. The van der Waals surface area contributed by atoms with Crippen LogP contribution >= 0.6 is 23.2 Å². The lowest BCUT2D eigenvalue weighted by molar-refractivity contribution is 0.296. The highest BCUT2D eigenvalue weighted by Crippen LogP contribution is 2.31. The molecule has 27 heavy (non-hydrogen) atoms. The van der Waals surface area contributed by atoms with Crippen molar-refractivity contribution in [3.8, 4) is 5.75 Å². The normalized spacial score (nSPS) is 12.9. The molecule has 0 saturated carbocycles. The number of nitrogens with zero attached hydrogens (tertiary/aromatic N) is 2. The summed E-state index contributed by atoms with van der Waals surface area (Å²) in [5.74, 6) is 1.29. The van der Waals surface area contributed by atoms with Gasteiger partial charge in [-0.25, -0.2) is 9.37 Å². The lowest BCUT2D eigenvalue weighted by Gasteiger charge is -2.20. The van der Waals surface area contributed by atoms with Crippen LogP contribution in [0.5, 0.6) is 5.75 Å². The van der Waals surface area contributed by atoms with Gasteiger partial charge in [-0.05, 0) is 48.4 Å². The number of anilines is 1. The fraction of sp³-hybridized carbons (Fsp3) is 0.190. The van der Waals surface area contributed by atoms with Gasteiger partial charge in [-0.1, -0.05) is 35.3 Å². The van der Waals surface area contributed by atoms with Gasteiger partial charge in [0.15, 0.2) is 0 Å². The number of fused-ring (bicyclic) bond motifs is 1. The molecule has 1 aliphatic heterocycles. The zero-order valence-electron chi connectivity index (χ0n) is 14.5. The fourth-order valence-electron chi connectivity index (χ4n) is 3.24. The SMILES string of the molecule is Fc1cc(Cl)ccc1COc1ccc(Cl)cc1CN1CCc2cccnc21. The highest BCUT2D eigenvalue weighted by Gasteiger charge is 2.21. The van der Waals surface area contributed by atoms with E-state index in [1.165, 1.54) is 11.6 Å². The van der Waals surface area contributed by atoms with Gasteiger partial charge in [-0.2, -0.15) is 0 Å². The molecule has 0 spiro atoms. The second kappa shape index (κ2) is 7.75. The summed E-state index contributed by atoms with van der Waals surface area (Å²) in [5.41, 5.74) is 2.63. The standard InChI is InChI=1S/C21H17Cl2FN2O/c22-17-5-6-20(27-13-15-3-4-18(23)11-19(15)24)16(10-17)12-26-9-7-14-2-1-8-25-21(14)26/h1-6,8,10-11H,7,9,12-13H2. The number of aromatic nitrogens is 1. The number of pyridine rings is 1. The molecule has 0 bridgehead atoms. The van der Waals surface area contributed by atoms with Crippen molar-refractivity contribution in [2.45, 2.75) is 19.6 Å². The first-order valence-electron chi connectivity index (χ1n) is 8.64. The molecule has 0 fully saturated rings. The molecule has 0 unspecified atom stereocenters. The van der Waals surface area contributed by atoms with Crippen LogP contribution in [0.15, 0.2) is 54.7 Å². The number of rotatable bonds is 5. The minimum atomic E-state index is -0.379. The fourth-order valence-corrected chi connectivity index (χ4v) is 3.59. The molecule has 1 aliphatic rings. The molecule has 0 N–H and O–H groups in total. The molecule has 0 aliphatic carbocycles. The van der Waals surface area contributed by atoms with E-state index in [-0.39, 0.29) is 12.4 Å². The predicted octanol–water partition coefficient (Wildman–Crippen LogP) is 5.67. The van der Waals surface area contributed by atoms with Crippen molar-refractivity contribution >= 4 is 29.0 Å². The molecule has 138 valence electrons. The number of halogens is 3. The Morgan fingerprint density at radius 1 is 1.04 bits per heavy atom. The van der Waals surface area contributed by atoms with Crippen LogP contribution in [0.2, 0.25) is 10.0 Å². The summed E-state index contributed by atoms with van der Waals surface area (Å²) in [5, 5.41) is 0.999. The third-order valence-electron chi connectivity index (χ3n) is 4.60. The van der Waals surface area contributed by atoms with E-state index in [2.05, 4.69) is 16.0 Å². The summed E-state index contributed by atoms with van der Waals surface area (Å²) in [7, 11) is 0. The summed E-state index contributed by atoms with van der Waals surface area (Å²) in [6.45, 7) is 1.64. The summed E-state index contributed by atoms with van der Waals surface area (Å²) >= 11 is 12.0. The van der Waals surface area contributed by atoms with Crippen molar-refractivity contribution in [1.82, 2.24) is 4.98 Å². The molecule has 3 aromatic rings. The van der Waals surface area contributed by atoms with Crippen LogP contribution in [0.4, 0.5) is 10.2 Å². The van der Waals surface area contributed by atoms with Gasteiger partial charge in [0.2, 0.25) is 0 Å². The first kappa shape index (κ1) is 18.1. The van der Waals surface area contributed by atoms with E-state index >= 15 is 0 Å². The average Bonchev–Trinajstić information content (AvgIpc) is 3.05. The minimum Gasteiger partial charge on any atom is -0.488 e. The van der Waals surface area contributed by atoms with E-state index in [9.17, 15) is 4.39 Å². The second-order valence-electron chi connectivity index (χ2n) is 6.43. The van der Waals surface area contributed by atoms with Gasteiger partial charge in [0, 0.05) is 40.5 Å². The molecule has 2 heterocycles. The summed E-state index contributed by atoms with van der Waals surface area (Å²) < 4.78 is 19.9. The van der Waals surface area contributed by atoms with E-state index in [0.717, 1.165) is 24.3 Å². The maximum atomic E-state index is 14.0. The number of hydrogen-bond acceptors (Lipinski definition) is 3. The van der Waals surface area contributed by atoms with E-state index in [1.807, 2.05) is 18.2 Å². The Morgan fingerprint density at radius 3 is 2.70 bits per heavy atom. The largest absolute Gasteiger partial charge is 0.488 e. The third-order valence-corrected chi connectivity index (χ3v) is 5.07. The van der Waals surface area contributed by atoms with Crippen LogP contribution in [0.25, 0.3) is 0 Å². The van der Waals surface area contributed by atoms with Gasteiger partial charge in [-0.15, -0.1) is 0 Å². The van der Waals surface area contributed by atoms with Gasteiger partial charge >= 0.3 is 0 Å². The highest BCUT2D eigenvalue weighted by atomic mass is 35.5. The van der Waals surface area contributed by atoms with E-state index in [0.29, 0.717) is 27.9 Å². The molecule has 6 heteroatoms. The van der Waals surface area contributed by atoms with Gasteiger partial charge in [0.1, 0.15) is 24.0 Å². The predicted molar refractivity (Wildman–Crippen MR) is 106 cm³/mol. The van der Waals surface area contributed by atoms with E-state index in [1.54, 1.807) is 24.4 Å². The average molecular weight is 403 g/mol. The Kier molecular flexibility index (Phi) is 5.19. The number of benzene rings is 2. The Morgan fingerprint density at radius 2 is 1.85 bits per heavy atom. The second-order valence-corrected chi connectivity index (χ2v) is 7.31. The Balaban J connectivity index is 1.54. The quantitative estimate of drug-likeness (QED) is 0.549. The van der Waals surface area contributed by atoms with Crippen molar-refractivity contribution in [1.29, 1.82) is 0 Å². The molecule has 0 amide bonds. The molecule has 4 rings (SSSR count). The number of ether oxygens (including phenoxy) is 1. The van der Waals surface area contributed by atoms with Crippen molar-refractivity contribution in [2.75, 3.05) is 11.4 Å². The van der Waals surface area contributed by atoms with Crippen molar-refractivity contribution in [2.24, 2.45) is 0 Å². The topological polar surface area (TPSA) is 25.4 Å². The van der Waals surface area contributed by atoms with E-state index < -0.39 is 0 Å². The molecule has 0 saturated heterocycles. The highest BCUT2D eigenvalue weighted by molar-refractivity contribution is 6.30. The lowest BCUT2D eigenvalue weighted by Crippen LogP contribution is -2.21. The molecule has 0 atom stereocenters. The first-order chi connectivity index (χ1) is 13.1. The van der Waals surface area contributed by atoms with Gasteiger partial charge in [0.05, 0.1) is 0 Å². The molecule has 0 radical (unpaired) electrons. The van der Waals surface area contributed by atoms with Crippen molar-refractivity contribution in [3.05, 3.63) is 87.3 Å². The van der Waals surface area contributed by atoms with Crippen LogP contribution in [0.3, 0.4) is 0 Å². The Labute approximate surface area is 167 Å². The van der Waals surface area contributed by atoms with E-state index in [4.69, 9.17) is 27.9 Å².